The first kappa shape index (κ1) is 14.9. The van der Waals surface area contributed by atoms with Gasteiger partial charge in [-0.25, -0.2) is 0 Å². The second kappa shape index (κ2) is 5.99. The monoisotopic (exact) mass is 364 g/mol. The quantitative estimate of drug-likeness (QED) is 0.827. The van der Waals surface area contributed by atoms with E-state index in [1.807, 2.05) is 18.2 Å². The predicted octanol–water partition coefficient (Wildman–Crippen LogP) is 4.70. The highest BCUT2D eigenvalue weighted by atomic mass is 79.9. The number of benzene rings is 2. The largest absolute Gasteiger partial charge is 0.374 e. The van der Waals surface area contributed by atoms with E-state index in [0.717, 1.165) is 29.4 Å². The zero-order chi connectivity index (χ0) is 14.9. The Hall–Kier alpha value is -1.03. The van der Waals surface area contributed by atoms with Gasteiger partial charge in [0.25, 0.3) is 0 Å². The summed E-state index contributed by atoms with van der Waals surface area (Å²) in [5, 5.41) is 4.34. The van der Waals surface area contributed by atoms with E-state index in [0.29, 0.717) is 11.6 Å². The van der Waals surface area contributed by atoms with Crippen LogP contribution in [0.5, 0.6) is 0 Å². The molecule has 0 saturated heterocycles. The number of anilines is 1. The van der Waals surface area contributed by atoms with Crippen molar-refractivity contribution in [1.82, 2.24) is 0 Å². The van der Waals surface area contributed by atoms with Crippen LogP contribution in [0, 0.1) is 0 Å². The van der Waals surface area contributed by atoms with Crippen molar-refractivity contribution in [1.29, 1.82) is 0 Å². The van der Waals surface area contributed by atoms with Crippen molar-refractivity contribution in [2.75, 3.05) is 11.9 Å². The summed E-state index contributed by atoms with van der Waals surface area (Å²) < 4.78 is 0.903. The Labute approximate surface area is 138 Å². The van der Waals surface area contributed by atoms with Gasteiger partial charge in [-0.15, -0.1) is 0 Å². The molecule has 2 aromatic carbocycles. The van der Waals surface area contributed by atoms with Crippen LogP contribution in [0.4, 0.5) is 5.69 Å². The molecule has 21 heavy (non-hydrogen) atoms. The van der Waals surface area contributed by atoms with Gasteiger partial charge in [-0.1, -0.05) is 35.9 Å². The third kappa shape index (κ3) is 2.83. The van der Waals surface area contributed by atoms with Gasteiger partial charge in [0.2, 0.25) is 0 Å². The van der Waals surface area contributed by atoms with E-state index in [-0.39, 0.29) is 5.54 Å². The smallest absolute Gasteiger partial charge is 0.0750 e. The van der Waals surface area contributed by atoms with Crippen LogP contribution >= 0.6 is 27.5 Å². The minimum atomic E-state index is -0.202. The average molecular weight is 366 g/mol. The molecule has 0 radical (unpaired) electrons. The molecule has 3 rings (SSSR count). The zero-order valence-corrected chi connectivity index (χ0v) is 14.0. The Morgan fingerprint density at radius 2 is 2.05 bits per heavy atom. The van der Waals surface area contributed by atoms with Crippen molar-refractivity contribution in [3.05, 3.63) is 63.1 Å². The zero-order valence-electron chi connectivity index (χ0n) is 11.7. The summed E-state index contributed by atoms with van der Waals surface area (Å²) in [6.45, 7) is 0.567. The van der Waals surface area contributed by atoms with Gasteiger partial charge in [0, 0.05) is 16.7 Å². The van der Waals surface area contributed by atoms with Crippen LogP contribution in [0.15, 0.2) is 46.9 Å². The molecule has 110 valence electrons. The Balaban J connectivity index is 2.00. The minimum Gasteiger partial charge on any atom is -0.374 e. The molecule has 0 saturated carbocycles. The molecule has 1 atom stereocenters. The second-order valence-corrected chi connectivity index (χ2v) is 6.81. The van der Waals surface area contributed by atoms with Crippen LogP contribution in [-0.4, -0.2) is 6.54 Å². The lowest BCUT2D eigenvalue weighted by molar-refractivity contribution is 0.417. The molecule has 2 aromatic rings. The molecule has 0 spiro atoms. The lowest BCUT2D eigenvalue weighted by Gasteiger charge is -2.40. The van der Waals surface area contributed by atoms with E-state index in [1.54, 1.807) is 0 Å². The van der Waals surface area contributed by atoms with Crippen LogP contribution in [0.1, 0.15) is 24.0 Å². The van der Waals surface area contributed by atoms with Gasteiger partial charge in [0.15, 0.2) is 0 Å². The first-order chi connectivity index (χ1) is 10.1. The van der Waals surface area contributed by atoms with Gasteiger partial charge in [-0.2, -0.15) is 0 Å². The lowest BCUT2D eigenvalue weighted by atomic mass is 9.76. The number of halogens is 2. The maximum Gasteiger partial charge on any atom is 0.0750 e. The van der Waals surface area contributed by atoms with E-state index in [4.69, 9.17) is 17.3 Å². The Morgan fingerprint density at radius 3 is 2.81 bits per heavy atom. The number of hydrogen-bond acceptors (Lipinski definition) is 2. The fraction of sp³-hybridized carbons (Fsp3) is 0.294. The van der Waals surface area contributed by atoms with Crippen molar-refractivity contribution in [3.8, 4) is 0 Å². The molecular weight excluding hydrogens is 348 g/mol. The predicted molar refractivity (Wildman–Crippen MR) is 92.9 cm³/mol. The maximum atomic E-state index is 6.20. The molecule has 1 aliphatic rings. The average Bonchev–Trinajstić information content (AvgIpc) is 2.51. The van der Waals surface area contributed by atoms with Crippen molar-refractivity contribution in [3.63, 3.8) is 0 Å². The summed E-state index contributed by atoms with van der Waals surface area (Å²) in [5.74, 6) is 0. The van der Waals surface area contributed by atoms with E-state index < -0.39 is 0 Å². The normalized spacial score (nSPS) is 20.9. The number of nitrogens with one attached hydrogen (secondary N) is 1. The molecular formula is C17H18BrClN2. The van der Waals surface area contributed by atoms with Gasteiger partial charge in [-0.3, -0.25) is 0 Å². The fourth-order valence-electron chi connectivity index (χ4n) is 3.16. The Bertz CT molecular complexity index is 659. The van der Waals surface area contributed by atoms with Gasteiger partial charge >= 0.3 is 0 Å². The highest BCUT2D eigenvalue weighted by molar-refractivity contribution is 9.10. The summed E-state index contributed by atoms with van der Waals surface area (Å²) in [4.78, 5) is 0. The van der Waals surface area contributed by atoms with Crippen molar-refractivity contribution in [2.24, 2.45) is 5.73 Å². The molecule has 4 heteroatoms. The topological polar surface area (TPSA) is 38.0 Å². The van der Waals surface area contributed by atoms with E-state index >= 15 is 0 Å². The van der Waals surface area contributed by atoms with E-state index in [2.05, 4.69) is 45.5 Å². The fourth-order valence-corrected chi connectivity index (χ4v) is 3.59. The molecule has 0 bridgehead atoms. The Morgan fingerprint density at radius 1 is 1.24 bits per heavy atom. The van der Waals surface area contributed by atoms with Crippen LogP contribution in [0.2, 0.25) is 5.02 Å². The molecule has 0 fully saturated rings. The van der Waals surface area contributed by atoms with Crippen molar-refractivity contribution < 1.29 is 0 Å². The van der Waals surface area contributed by atoms with Crippen LogP contribution in [0.25, 0.3) is 0 Å². The van der Waals surface area contributed by atoms with E-state index in [9.17, 15) is 0 Å². The number of nitrogens with two attached hydrogens (primary N) is 1. The van der Waals surface area contributed by atoms with Gasteiger partial charge in [0.05, 0.1) is 10.6 Å². The van der Waals surface area contributed by atoms with Gasteiger partial charge in [-0.05, 0) is 64.5 Å². The molecule has 3 N–H and O–H groups in total. The molecule has 1 aliphatic carbocycles. The van der Waals surface area contributed by atoms with Gasteiger partial charge in [0.1, 0.15) is 0 Å². The van der Waals surface area contributed by atoms with Crippen molar-refractivity contribution >= 4 is 33.2 Å². The highest BCUT2D eigenvalue weighted by Crippen LogP contribution is 2.38. The maximum absolute atomic E-state index is 6.20. The van der Waals surface area contributed by atoms with Crippen molar-refractivity contribution in [2.45, 2.75) is 24.8 Å². The Kier molecular flexibility index (Phi) is 4.25. The minimum absolute atomic E-state index is 0.202. The molecule has 1 unspecified atom stereocenters. The molecule has 0 aromatic heterocycles. The van der Waals surface area contributed by atoms with Crippen LogP contribution < -0.4 is 11.1 Å². The number of hydrogen-bond donors (Lipinski definition) is 2. The van der Waals surface area contributed by atoms with Crippen LogP contribution in [-0.2, 0) is 12.0 Å². The summed E-state index contributed by atoms with van der Waals surface area (Å²) in [5.41, 5.74) is 9.68. The third-order valence-electron chi connectivity index (χ3n) is 4.23. The molecule has 0 heterocycles. The summed E-state index contributed by atoms with van der Waals surface area (Å²) in [7, 11) is 0. The number of rotatable bonds is 3. The molecule has 0 aliphatic heterocycles. The van der Waals surface area contributed by atoms with E-state index in [1.165, 1.54) is 11.1 Å². The first-order valence-electron chi connectivity index (χ1n) is 7.16. The summed E-state index contributed by atoms with van der Waals surface area (Å²) in [6.07, 6.45) is 3.31. The SMILES string of the molecule is NCC1(Nc2ccc(Br)c(Cl)c2)CCCc2ccccc21. The van der Waals surface area contributed by atoms with Gasteiger partial charge < -0.3 is 11.1 Å². The summed E-state index contributed by atoms with van der Waals surface area (Å²) in [6, 6.07) is 14.5. The van der Waals surface area contributed by atoms with Crippen LogP contribution in [0.3, 0.4) is 0 Å². The second-order valence-electron chi connectivity index (χ2n) is 5.55. The summed E-state index contributed by atoms with van der Waals surface area (Å²) >= 11 is 9.63. The molecule has 0 amide bonds. The number of fused-ring (bicyclic) bond motifs is 1. The first-order valence-corrected chi connectivity index (χ1v) is 8.33. The lowest BCUT2D eigenvalue weighted by Crippen LogP contribution is -2.45. The third-order valence-corrected chi connectivity index (χ3v) is 5.47. The molecule has 2 nitrogen and oxygen atoms in total. The standard InChI is InChI=1S/C17H18BrClN2/c18-15-8-7-13(10-16(15)19)21-17(11-20)9-3-5-12-4-1-2-6-14(12)17/h1-2,4,6-8,10,21H,3,5,9,11,20H2. The number of aryl methyl sites for hydroxylation is 1. The highest BCUT2D eigenvalue weighted by Gasteiger charge is 2.35.